The molecular formula is C25H26Cl4N8O6. The number of nitrogens with zero attached hydrogens (tertiary/aromatic N) is 6. The minimum Gasteiger partial charge on any atom is -0.479 e. The SMILES string of the molecule is COC(=O)C(O)CNc1c(Cl)cc(-n2cnc(C)n2)cc1Cl.Cc1ncn(-c2cc(Cl)c(NCC(O)C(=O)O)c(Cl)c2)n1. The Bertz CT molecular complexity index is 1550. The molecule has 2 aromatic heterocycles. The number of anilines is 2. The smallest absolute Gasteiger partial charge is 0.336 e. The highest BCUT2D eigenvalue weighted by atomic mass is 35.5. The quantitative estimate of drug-likeness (QED) is 0.154. The van der Waals surface area contributed by atoms with Crippen LogP contribution < -0.4 is 10.6 Å². The summed E-state index contributed by atoms with van der Waals surface area (Å²) in [5.41, 5.74) is 2.02. The van der Waals surface area contributed by atoms with Crippen LogP contribution in [0.15, 0.2) is 36.9 Å². The fourth-order valence-electron chi connectivity index (χ4n) is 3.37. The minimum absolute atomic E-state index is 0.0755. The van der Waals surface area contributed by atoms with Crippen LogP contribution in [-0.4, -0.2) is 89.2 Å². The third-order valence-corrected chi connectivity index (χ3v) is 6.69. The summed E-state index contributed by atoms with van der Waals surface area (Å²) in [6, 6.07) is 6.51. The highest BCUT2D eigenvalue weighted by molar-refractivity contribution is 6.40. The number of hydrogen-bond acceptors (Lipinski definition) is 11. The van der Waals surface area contributed by atoms with E-state index in [9.17, 15) is 19.8 Å². The molecule has 2 atom stereocenters. The molecule has 0 aliphatic heterocycles. The molecule has 0 spiro atoms. The number of aryl methyl sites for hydroxylation is 2. The Labute approximate surface area is 265 Å². The molecule has 43 heavy (non-hydrogen) atoms. The molecule has 0 saturated carbocycles. The van der Waals surface area contributed by atoms with Crippen LogP contribution in [0, 0.1) is 13.8 Å². The van der Waals surface area contributed by atoms with Crippen molar-refractivity contribution in [2.75, 3.05) is 30.8 Å². The largest absolute Gasteiger partial charge is 0.479 e. The molecule has 2 unspecified atom stereocenters. The van der Waals surface area contributed by atoms with Crippen LogP contribution in [0.4, 0.5) is 11.4 Å². The monoisotopic (exact) mass is 674 g/mol. The first-order chi connectivity index (χ1) is 20.3. The van der Waals surface area contributed by atoms with Gasteiger partial charge in [-0.2, -0.15) is 10.2 Å². The average molecular weight is 676 g/mol. The molecule has 4 aromatic rings. The lowest BCUT2D eigenvalue weighted by Gasteiger charge is -2.14. The zero-order valence-corrected chi connectivity index (χ0v) is 25.8. The minimum atomic E-state index is -1.55. The van der Waals surface area contributed by atoms with Crippen LogP contribution in [-0.2, 0) is 14.3 Å². The molecule has 0 amide bonds. The van der Waals surface area contributed by atoms with Crippen molar-refractivity contribution in [1.29, 1.82) is 0 Å². The summed E-state index contributed by atoms with van der Waals surface area (Å²) < 4.78 is 7.49. The van der Waals surface area contributed by atoms with Gasteiger partial charge in [0.25, 0.3) is 0 Å². The normalized spacial score (nSPS) is 12.1. The van der Waals surface area contributed by atoms with Gasteiger partial charge < -0.3 is 30.7 Å². The van der Waals surface area contributed by atoms with Crippen molar-refractivity contribution < 1.29 is 29.6 Å². The number of rotatable bonds is 10. The number of esters is 1. The van der Waals surface area contributed by atoms with Gasteiger partial charge in [0.2, 0.25) is 0 Å². The number of carboxylic acids is 1. The maximum absolute atomic E-state index is 11.1. The van der Waals surface area contributed by atoms with Crippen molar-refractivity contribution in [3.8, 4) is 11.4 Å². The number of nitrogens with one attached hydrogen (secondary N) is 2. The maximum atomic E-state index is 11.1. The Morgan fingerprint density at radius 2 is 1.16 bits per heavy atom. The summed E-state index contributed by atoms with van der Waals surface area (Å²) in [5, 5.41) is 42.5. The average Bonchev–Trinajstić information content (AvgIpc) is 3.59. The zero-order valence-electron chi connectivity index (χ0n) is 22.8. The molecule has 4 rings (SSSR count). The number of ether oxygens (including phenoxy) is 1. The number of benzene rings is 2. The zero-order chi connectivity index (χ0) is 31.8. The van der Waals surface area contributed by atoms with Gasteiger partial charge in [0.05, 0.1) is 63.0 Å². The fourth-order valence-corrected chi connectivity index (χ4v) is 4.58. The molecular weight excluding hydrogens is 650 g/mol. The number of aliphatic carboxylic acids is 1. The predicted molar refractivity (Wildman–Crippen MR) is 161 cm³/mol. The fraction of sp³-hybridized carbons (Fsp3) is 0.280. The van der Waals surface area contributed by atoms with Crippen molar-refractivity contribution in [3.63, 3.8) is 0 Å². The van der Waals surface area contributed by atoms with E-state index < -0.39 is 24.1 Å². The van der Waals surface area contributed by atoms with Gasteiger partial charge in [0, 0.05) is 0 Å². The molecule has 0 radical (unpaired) electrons. The lowest BCUT2D eigenvalue weighted by molar-refractivity contribution is -0.149. The first-order valence-electron chi connectivity index (χ1n) is 12.2. The standard InChI is InChI=1S/C13H14Cl2N4O3.C12H12Cl2N4O3/c1-7-17-6-19(18-7)8-3-9(14)12(10(15)4-8)16-5-11(20)13(21)22-2;1-6-16-5-18(17-6)7-2-8(13)11(9(14)3-7)15-4-10(19)12(20)21/h3-4,6,11,16,20H,5H2,1-2H3;2-3,5,10,15,19H,4H2,1H3,(H,20,21). The molecule has 0 aliphatic rings. The number of hydrogen-bond donors (Lipinski definition) is 5. The number of aliphatic hydroxyl groups is 2. The van der Waals surface area contributed by atoms with Crippen LogP contribution in [0.2, 0.25) is 20.1 Å². The Balaban J connectivity index is 0.000000236. The van der Waals surface area contributed by atoms with Crippen LogP contribution in [0.3, 0.4) is 0 Å². The number of methoxy groups -OCH3 is 1. The van der Waals surface area contributed by atoms with Crippen molar-refractivity contribution in [2.24, 2.45) is 0 Å². The van der Waals surface area contributed by atoms with Gasteiger partial charge in [0.1, 0.15) is 24.3 Å². The molecule has 14 nitrogen and oxygen atoms in total. The van der Waals surface area contributed by atoms with Gasteiger partial charge in [0.15, 0.2) is 12.2 Å². The highest BCUT2D eigenvalue weighted by Crippen LogP contribution is 2.34. The van der Waals surface area contributed by atoms with E-state index in [0.29, 0.717) is 44.4 Å². The Morgan fingerprint density at radius 3 is 1.47 bits per heavy atom. The summed E-state index contributed by atoms with van der Waals surface area (Å²) >= 11 is 24.6. The van der Waals surface area contributed by atoms with Crippen molar-refractivity contribution >= 4 is 69.7 Å². The third kappa shape index (κ3) is 9.16. The number of carbonyl (C=O) groups is 2. The van der Waals surface area contributed by atoms with E-state index in [0.717, 1.165) is 0 Å². The molecule has 0 bridgehead atoms. The van der Waals surface area contributed by atoms with E-state index >= 15 is 0 Å². The van der Waals surface area contributed by atoms with Gasteiger partial charge in [-0.05, 0) is 38.1 Å². The van der Waals surface area contributed by atoms with Gasteiger partial charge in [-0.25, -0.2) is 28.9 Å². The third-order valence-electron chi connectivity index (χ3n) is 5.50. The number of carbonyl (C=O) groups excluding carboxylic acids is 1. The molecule has 0 saturated heterocycles. The van der Waals surface area contributed by atoms with E-state index in [-0.39, 0.29) is 23.1 Å². The second-order valence-electron chi connectivity index (χ2n) is 8.70. The highest BCUT2D eigenvalue weighted by Gasteiger charge is 2.18. The van der Waals surface area contributed by atoms with Gasteiger partial charge >= 0.3 is 11.9 Å². The van der Waals surface area contributed by atoms with E-state index in [1.54, 1.807) is 49.1 Å². The number of halogens is 4. The molecule has 5 N–H and O–H groups in total. The molecule has 2 aromatic carbocycles. The number of aromatic nitrogens is 6. The second kappa shape index (κ2) is 15.2. The second-order valence-corrected chi connectivity index (χ2v) is 10.3. The van der Waals surface area contributed by atoms with Crippen LogP contribution in [0.1, 0.15) is 11.6 Å². The molecule has 18 heteroatoms. The van der Waals surface area contributed by atoms with Crippen LogP contribution >= 0.6 is 46.4 Å². The van der Waals surface area contributed by atoms with Crippen LogP contribution in [0.25, 0.3) is 11.4 Å². The topological polar surface area (TPSA) is 190 Å². The van der Waals surface area contributed by atoms with E-state index in [4.69, 9.17) is 51.5 Å². The Hall–Kier alpha value is -3.66. The first-order valence-corrected chi connectivity index (χ1v) is 13.7. The maximum Gasteiger partial charge on any atom is 0.336 e. The van der Waals surface area contributed by atoms with Gasteiger partial charge in [-0.3, -0.25) is 0 Å². The van der Waals surface area contributed by atoms with E-state index in [1.165, 1.54) is 18.1 Å². The number of carboxylic acid groups (broad SMARTS) is 1. The summed E-state index contributed by atoms with van der Waals surface area (Å²) in [7, 11) is 1.19. The number of aliphatic hydroxyl groups excluding tert-OH is 2. The summed E-state index contributed by atoms with van der Waals surface area (Å²) in [6.07, 6.45) is 0.217. The van der Waals surface area contributed by atoms with E-state index in [2.05, 4.69) is 35.5 Å². The lowest BCUT2D eigenvalue weighted by atomic mass is 10.2. The van der Waals surface area contributed by atoms with Crippen molar-refractivity contribution in [2.45, 2.75) is 26.1 Å². The molecule has 230 valence electrons. The van der Waals surface area contributed by atoms with Crippen molar-refractivity contribution in [1.82, 2.24) is 29.5 Å². The first kappa shape index (κ1) is 33.8. The van der Waals surface area contributed by atoms with Crippen molar-refractivity contribution in [3.05, 3.63) is 68.7 Å². The Kier molecular flexibility index (Phi) is 11.9. The van der Waals surface area contributed by atoms with Crippen LogP contribution in [0.5, 0.6) is 0 Å². The molecule has 0 aliphatic carbocycles. The van der Waals surface area contributed by atoms with Gasteiger partial charge in [-0.15, -0.1) is 0 Å². The molecule has 0 fully saturated rings. The summed E-state index contributed by atoms with van der Waals surface area (Å²) in [5.74, 6) is -0.844. The summed E-state index contributed by atoms with van der Waals surface area (Å²) in [6.45, 7) is 3.23. The van der Waals surface area contributed by atoms with E-state index in [1.807, 2.05) is 0 Å². The summed E-state index contributed by atoms with van der Waals surface area (Å²) in [4.78, 5) is 29.7. The Morgan fingerprint density at radius 1 is 0.791 bits per heavy atom. The molecule has 2 heterocycles. The van der Waals surface area contributed by atoms with Gasteiger partial charge in [-0.1, -0.05) is 46.4 Å². The lowest BCUT2D eigenvalue weighted by Crippen LogP contribution is -2.29. The predicted octanol–water partition coefficient (Wildman–Crippen LogP) is 3.57.